The summed E-state index contributed by atoms with van der Waals surface area (Å²) in [4.78, 5) is 32.5. The number of H-pyrrole nitrogens is 1. The molecule has 1 amide bonds. The molecule has 36 heavy (non-hydrogen) atoms. The number of pyridine rings is 1. The Morgan fingerprint density at radius 2 is 1.72 bits per heavy atom. The van der Waals surface area contributed by atoms with Crippen LogP contribution in [0.1, 0.15) is 48.5 Å². The van der Waals surface area contributed by atoms with Crippen LogP contribution < -0.4 is 15.4 Å². The number of benzene rings is 2. The maximum Gasteiger partial charge on any atom is 0.217 e. The van der Waals surface area contributed by atoms with Crippen molar-refractivity contribution in [2.24, 2.45) is 0 Å². The predicted molar refractivity (Wildman–Crippen MR) is 141 cm³/mol. The summed E-state index contributed by atoms with van der Waals surface area (Å²) in [6.07, 6.45) is 7.09. The van der Waals surface area contributed by atoms with Gasteiger partial charge in [0.2, 0.25) is 5.91 Å². The fourth-order valence-electron chi connectivity index (χ4n) is 4.76. The molecule has 8 heteroatoms. The monoisotopic (exact) mass is 502 g/mol. The maximum absolute atomic E-state index is 13.6. The number of amides is 1. The van der Waals surface area contributed by atoms with Gasteiger partial charge in [0, 0.05) is 48.7 Å². The molecule has 7 nitrogen and oxygen atoms in total. The van der Waals surface area contributed by atoms with Crippen LogP contribution in [0.3, 0.4) is 0 Å². The topological polar surface area (TPSA) is 96.1 Å². The van der Waals surface area contributed by atoms with Crippen LogP contribution in [-0.2, 0) is 4.79 Å². The van der Waals surface area contributed by atoms with E-state index in [2.05, 4.69) is 20.6 Å². The van der Waals surface area contributed by atoms with Crippen molar-refractivity contribution in [3.05, 3.63) is 83.1 Å². The number of carbonyl (C=O) groups excluding carboxylic acids is 2. The molecule has 0 aliphatic heterocycles. The van der Waals surface area contributed by atoms with Crippen molar-refractivity contribution in [2.45, 2.75) is 44.7 Å². The van der Waals surface area contributed by atoms with Crippen molar-refractivity contribution in [1.82, 2.24) is 15.3 Å². The van der Waals surface area contributed by atoms with Crippen LogP contribution in [0.25, 0.3) is 11.0 Å². The van der Waals surface area contributed by atoms with E-state index in [4.69, 9.17) is 16.3 Å². The van der Waals surface area contributed by atoms with Gasteiger partial charge in [-0.1, -0.05) is 29.8 Å². The van der Waals surface area contributed by atoms with Crippen molar-refractivity contribution in [3.8, 4) is 11.5 Å². The first-order chi connectivity index (χ1) is 17.5. The highest BCUT2D eigenvalue weighted by molar-refractivity contribution is 6.35. The average Bonchev–Trinajstić information content (AvgIpc) is 3.31. The lowest BCUT2D eigenvalue weighted by atomic mass is 9.90. The molecule has 2 heterocycles. The summed E-state index contributed by atoms with van der Waals surface area (Å²) >= 11 is 6.53. The number of rotatable bonds is 7. The second-order valence-corrected chi connectivity index (χ2v) is 9.47. The zero-order valence-corrected chi connectivity index (χ0v) is 20.6. The molecule has 0 saturated heterocycles. The van der Waals surface area contributed by atoms with Gasteiger partial charge in [0.05, 0.1) is 16.0 Å². The van der Waals surface area contributed by atoms with E-state index in [1.54, 1.807) is 37.5 Å². The molecule has 0 unspecified atom stereocenters. The van der Waals surface area contributed by atoms with E-state index >= 15 is 0 Å². The van der Waals surface area contributed by atoms with Crippen LogP contribution in [0.15, 0.2) is 67.0 Å². The number of carbonyl (C=O) groups is 2. The predicted octanol–water partition coefficient (Wildman–Crippen LogP) is 6.10. The molecule has 3 N–H and O–H groups in total. The minimum atomic E-state index is -0.192. The largest absolute Gasteiger partial charge is 0.457 e. The zero-order valence-electron chi connectivity index (χ0n) is 19.9. The molecule has 1 fully saturated rings. The van der Waals surface area contributed by atoms with E-state index in [0.717, 1.165) is 36.8 Å². The number of nitrogens with one attached hydrogen (secondary N) is 3. The van der Waals surface area contributed by atoms with Gasteiger partial charge in [-0.2, -0.15) is 0 Å². The Morgan fingerprint density at radius 3 is 2.44 bits per heavy atom. The van der Waals surface area contributed by atoms with Crippen molar-refractivity contribution in [3.63, 3.8) is 0 Å². The molecule has 0 radical (unpaired) electrons. The Balaban J connectivity index is 1.36. The van der Waals surface area contributed by atoms with Gasteiger partial charge in [-0.3, -0.25) is 9.59 Å². The fraction of sp³-hybridized carbons (Fsp3) is 0.250. The third kappa shape index (κ3) is 5.21. The molecule has 1 saturated carbocycles. The first-order valence-electron chi connectivity index (χ1n) is 12.0. The Labute approximate surface area is 214 Å². The minimum absolute atomic E-state index is 0.0102. The molecule has 5 rings (SSSR count). The molecule has 2 aromatic carbocycles. The van der Waals surface area contributed by atoms with Gasteiger partial charge in [-0.15, -0.1) is 0 Å². The summed E-state index contributed by atoms with van der Waals surface area (Å²) in [5.74, 6) is 1.07. The normalized spacial score (nSPS) is 17.5. The summed E-state index contributed by atoms with van der Waals surface area (Å²) < 4.78 is 5.84. The average molecular weight is 503 g/mol. The van der Waals surface area contributed by atoms with Crippen LogP contribution in [0.4, 0.5) is 5.69 Å². The standard InChI is InChI=1S/C28H27ClN4O3/c1-17(34)32-18-7-9-19(10-8-18)33-25-13-14-30-28-26(25)23(16-31-28)27(35)22-12-11-21(15-24(22)29)36-20-5-3-2-4-6-20/h2-6,11-16,18-19H,7-10H2,1H3,(H,32,34)(H2,30,31,33)/t18-,19+. The second-order valence-electron chi connectivity index (χ2n) is 9.06. The summed E-state index contributed by atoms with van der Waals surface area (Å²) in [7, 11) is 0. The molecular weight excluding hydrogens is 476 g/mol. The van der Waals surface area contributed by atoms with Crippen LogP contribution in [0, 0.1) is 0 Å². The lowest BCUT2D eigenvalue weighted by Crippen LogP contribution is -2.39. The summed E-state index contributed by atoms with van der Waals surface area (Å²) in [5, 5.41) is 7.67. The van der Waals surface area contributed by atoms with E-state index < -0.39 is 0 Å². The molecule has 184 valence electrons. The van der Waals surface area contributed by atoms with Crippen molar-refractivity contribution < 1.29 is 14.3 Å². The molecule has 2 aromatic heterocycles. The maximum atomic E-state index is 13.6. The van der Waals surface area contributed by atoms with Gasteiger partial charge in [0.25, 0.3) is 0 Å². The quantitative estimate of drug-likeness (QED) is 0.265. The first kappa shape index (κ1) is 23.9. The van der Waals surface area contributed by atoms with Gasteiger partial charge in [0.1, 0.15) is 17.1 Å². The van der Waals surface area contributed by atoms with Gasteiger partial charge < -0.3 is 20.4 Å². The Bertz CT molecular complexity index is 1390. The number of halogens is 1. The number of para-hydroxylation sites is 1. The van der Waals surface area contributed by atoms with Gasteiger partial charge in [0.15, 0.2) is 5.78 Å². The van der Waals surface area contributed by atoms with Crippen molar-refractivity contribution >= 4 is 40.0 Å². The SMILES string of the molecule is CC(=O)N[C@H]1CC[C@@H](Nc2ccnc3[nH]cc(C(=O)c4ccc(Oc5ccccc5)cc4Cl)c23)CC1. The number of anilines is 1. The van der Waals surface area contributed by atoms with Gasteiger partial charge >= 0.3 is 0 Å². The number of nitrogens with zero attached hydrogens (tertiary/aromatic N) is 1. The van der Waals surface area contributed by atoms with E-state index in [9.17, 15) is 9.59 Å². The molecule has 0 atom stereocenters. The Hall–Kier alpha value is -3.84. The van der Waals surface area contributed by atoms with Crippen molar-refractivity contribution in [1.29, 1.82) is 0 Å². The molecule has 1 aliphatic carbocycles. The van der Waals surface area contributed by atoms with E-state index in [1.165, 1.54) is 0 Å². The van der Waals surface area contributed by atoms with Crippen LogP contribution in [-0.4, -0.2) is 33.7 Å². The van der Waals surface area contributed by atoms with E-state index in [0.29, 0.717) is 33.3 Å². The summed E-state index contributed by atoms with van der Waals surface area (Å²) in [6.45, 7) is 1.55. The lowest BCUT2D eigenvalue weighted by Gasteiger charge is -2.30. The van der Waals surface area contributed by atoms with Gasteiger partial charge in [-0.05, 0) is 56.0 Å². The molecule has 4 aromatic rings. The number of aromatic nitrogens is 2. The number of fused-ring (bicyclic) bond motifs is 1. The molecule has 0 spiro atoms. The summed E-state index contributed by atoms with van der Waals surface area (Å²) in [5.41, 5.74) is 2.39. The number of ketones is 1. The van der Waals surface area contributed by atoms with Gasteiger partial charge in [-0.25, -0.2) is 4.98 Å². The Kier molecular flexibility index (Phi) is 6.91. The second kappa shape index (κ2) is 10.4. The van der Waals surface area contributed by atoms with Crippen molar-refractivity contribution in [2.75, 3.05) is 5.32 Å². The smallest absolute Gasteiger partial charge is 0.217 e. The molecule has 0 bridgehead atoms. The highest BCUT2D eigenvalue weighted by atomic mass is 35.5. The number of aromatic amines is 1. The number of hydrogen-bond acceptors (Lipinski definition) is 5. The Morgan fingerprint density at radius 1 is 0.972 bits per heavy atom. The zero-order chi connectivity index (χ0) is 25.1. The highest BCUT2D eigenvalue weighted by Crippen LogP contribution is 2.33. The molecular formula is C28H27ClN4O3. The van der Waals surface area contributed by atoms with Crippen LogP contribution >= 0.6 is 11.6 Å². The molecule has 1 aliphatic rings. The van der Waals surface area contributed by atoms with E-state index in [-0.39, 0.29) is 23.8 Å². The van der Waals surface area contributed by atoms with Crippen LogP contribution in [0.5, 0.6) is 11.5 Å². The number of hydrogen-bond donors (Lipinski definition) is 3. The third-order valence-electron chi connectivity index (χ3n) is 6.48. The van der Waals surface area contributed by atoms with Crippen LogP contribution in [0.2, 0.25) is 5.02 Å². The third-order valence-corrected chi connectivity index (χ3v) is 6.79. The highest BCUT2D eigenvalue weighted by Gasteiger charge is 2.24. The lowest BCUT2D eigenvalue weighted by molar-refractivity contribution is -0.119. The van der Waals surface area contributed by atoms with E-state index in [1.807, 2.05) is 36.4 Å². The fourth-order valence-corrected chi connectivity index (χ4v) is 5.01. The summed E-state index contributed by atoms with van der Waals surface area (Å²) in [6, 6.07) is 16.8. The minimum Gasteiger partial charge on any atom is -0.457 e. The number of ether oxygens (including phenoxy) is 1. The first-order valence-corrected chi connectivity index (χ1v) is 12.4.